The Kier molecular flexibility index (Phi) is 8.43. The molecule has 0 bridgehead atoms. The van der Waals surface area contributed by atoms with Crippen molar-refractivity contribution in [3.63, 3.8) is 0 Å². The molecule has 0 aliphatic carbocycles. The summed E-state index contributed by atoms with van der Waals surface area (Å²) in [5, 5.41) is 0. The zero-order chi connectivity index (χ0) is 20.1. The van der Waals surface area contributed by atoms with E-state index in [0.29, 0.717) is 15.1 Å². The highest BCUT2D eigenvalue weighted by Crippen LogP contribution is 2.36. The molecule has 1 heterocycles. The van der Waals surface area contributed by atoms with Crippen LogP contribution in [-0.2, 0) is 18.5 Å². The summed E-state index contributed by atoms with van der Waals surface area (Å²) in [5.41, 5.74) is 1.56. The highest BCUT2D eigenvalue weighted by Gasteiger charge is 2.30. The minimum absolute atomic E-state index is 0. The van der Waals surface area contributed by atoms with E-state index in [-0.39, 0.29) is 12.4 Å². The molecule has 154 valence electrons. The zero-order valence-corrected chi connectivity index (χ0v) is 18.6. The minimum atomic E-state index is -4.34. The van der Waals surface area contributed by atoms with Gasteiger partial charge >= 0.3 is 6.18 Å². The minimum Gasteiger partial charge on any atom is -1.00 e. The quantitative estimate of drug-likeness (QED) is 0.378. The Bertz CT molecular complexity index is 934. The summed E-state index contributed by atoms with van der Waals surface area (Å²) < 4.78 is 46.6. The number of thioether (sulfide) groups is 1. The molecular formula is C21H18BrClF3NOS. The molecule has 0 aliphatic heterocycles. The number of rotatable bonds is 6. The molecule has 0 unspecified atom stereocenters. The number of halogens is 5. The van der Waals surface area contributed by atoms with Crippen LogP contribution in [0.15, 0.2) is 76.4 Å². The van der Waals surface area contributed by atoms with E-state index in [1.165, 1.54) is 23.9 Å². The highest BCUT2D eigenvalue weighted by molar-refractivity contribution is 9.10. The average molecular weight is 505 g/mol. The number of ether oxygens (including phenoxy) is 1. The van der Waals surface area contributed by atoms with Crippen LogP contribution in [-0.4, -0.2) is 7.11 Å². The van der Waals surface area contributed by atoms with Crippen LogP contribution < -0.4 is 21.7 Å². The van der Waals surface area contributed by atoms with Gasteiger partial charge in [0.2, 0.25) is 0 Å². The van der Waals surface area contributed by atoms with Crippen LogP contribution in [0.4, 0.5) is 13.2 Å². The fraction of sp³-hybridized carbons (Fsp3) is 0.190. The smallest absolute Gasteiger partial charge is 0.416 e. The number of methoxy groups -OCH3 is 1. The molecule has 8 heteroatoms. The molecule has 0 amide bonds. The predicted molar refractivity (Wildman–Crippen MR) is 107 cm³/mol. The molecule has 1 aromatic heterocycles. The number of hydrogen-bond donors (Lipinski definition) is 0. The van der Waals surface area contributed by atoms with E-state index >= 15 is 0 Å². The third-order valence-electron chi connectivity index (χ3n) is 4.14. The van der Waals surface area contributed by atoms with Gasteiger partial charge in [0.15, 0.2) is 18.9 Å². The monoisotopic (exact) mass is 503 g/mol. The van der Waals surface area contributed by atoms with Gasteiger partial charge in [-0.2, -0.15) is 13.2 Å². The van der Waals surface area contributed by atoms with Crippen LogP contribution in [0.5, 0.6) is 5.75 Å². The van der Waals surface area contributed by atoms with E-state index in [1.54, 1.807) is 7.11 Å². The van der Waals surface area contributed by atoms with Gasteiger partial charge in [0.05, 0.1) is 12.7 Å². The van der Waals surface area contributed by atoms with Crippen LogP contribution in [0.3, 0.4) is 0 Å². The lowest BCUT2D eigenvalue weighted by Crippen LogP contribution is -3.00. The first-order valence-electron chi connectivity index (χ1n) is 8.45. The zero-order valence-electron chi connectivity index (χ0n) is 15.4. The molecule has 2 aromatic carbocycles. The number of nitrogens with zero attached hydrogens (tertiary/aromatic N) is 1. The molecule has 0 saturated carbocycles. The molecule has 0 saturated heterocycles. The summed E-state index contributed by atoms with van der Waals surface area (Å²) in [7, 11) is 1.64. The van der Waals surface area contributed by atoms with Crippen molar-refractivity contribution in [2.45, 2.75) is 23.4 Å². The first kappa shape index (κ1) is 23.6. The van der Waals surface area contributed by atoms with E-state index in [0.717, 1.165) is 29.5 Å². The van der Waals surface area contributed by atoms with Crippen molar-refractivity contribution in [3.05, 3.63) is 88.2 Å². The van der Waals surface area contributed by atoms with Gasteiger partial charge in [-0.1, -0.05) is 0 Å². The maximum Gasteiger partial charge on any atom is 0.416 e. The fourth-order valence-electron chi connectivity index (χ4n) is 2.58. The maximum atomic E-state index is 12.9. The van der Waals surface area contributed by atoms with Crippen LogP contribution >= 0.6 is 27.7 Å². The van der Waals surface area contributed by atoms with Gasteiger partial charge in [-0.05, 0) is 64.0 Å². The van der Waals surface area contributed by atoms with Crippen molar-refractivity contribution in [2.75, 3.05) is 7.11 Å². The van der Waals surface area contributed by atoms with Crippen LogP contribution in [0.1, 0.15) is 16.7 Å². The Labute approximate surface area is 186 Å². The van der Waals surface area contributed by atoms with E-state index in [1.807, 2.05) is 48.8 Å². The van der Waals surface area contributed by atoms with Crippen LogP contribution in [0.25, 0.3) is 0 Å². The lowest BCUT2D eigenvalue weighted by atomic mass is 10.2. The highest BCUT2D eigenvalue weighted by atomic mass is 79.9. The van der Waals surface area contributed by atoms with E-state index in [2.05, 4.69) is 20.5 Å². The predicted octanol–water partition coefficient (Wildman–Crippen LogP) is 3.11. The third kappa shape index (κ3) is 6.66. The van der Waals surface area contributed by atoms with Gasteiger partial charge in [0.1, 0.15) is 5.75 Å². The second kappa shape index (κ2) is 10.4. The summed E-state index contributed by atoms with van der Waals surface area (Å²) >= 11 is 4.70. The summed E-state index contributed by atoms with van der Waals surface area (Å²) in [5.74, 6) is 1.41. The van der Waals surface area contributed by atoms with Crippen molar-refractivity contribution in [3.8, 4) is 5.75 Å². The van der Waals surface area contributed by atoms with Gasteiger partial charge < -0.3 is 17.1 Å². The van der Waals surface area contributed by atoms with Gasteiger partial charge in [-0.3, -0.25) is 0 Å². The topological polar surface area (TPSA) is 13.1 Å². The summed E-state index contributed by atoms with van der Waals surface area (Å²) in [6.07, 6.45) is -0.391. The van der Waals surface area contributed by atoms with Gasteiger partial charge in [0.25, 0.3) is 0 Å². The van der Waals surface area contributed by atoms with Crippen molar-refractivity contribution < 1.29 is 34.9 Å². The fourth-order valence-corrected chi connectivity index (χ4v) is 4.10. The molecule has 0 spiro atoms. The molecule has 0 atom stereocenters. The van der Waals surface area contributed by atoms with E-state index in [4.69, 9.17) is 4.74 Å². The van der Waals surface area contributed by atoms with Gasteiger partial charge in [-0.25, -0.2) is 4.57 Å². The lowest BCUT2D eigenvalue weighted by Gasteiger charge is -2.10. The standard InChI is InChI=1S/C21H18BrF3NOS.ClH/c1-27-18-5-2-15(3-6-18)13-26-10-8-16(9-11-26)14-28-20-12-17(21(23,24)25)4-7-19(20)22;/h2-12H,13-14H2,1H3;1H/q+1;/p-1. The average Bonchev–Trinajstić information content (AvgIpc) is 2.68. The normalized spacial score (nSPS) is 11.1. The Balaban J connectivity index is 0.00000300. The third-order valence-corrected chi connectivity index (χ3v) is 6.22. The molecule has 29 heavy (non-hydrogen) atoms. The molecule has 0 N–H and O–H groups in total. The molecule has 3 aromatic rings. The number of pyridine rings is 1. The van der Waals surface area contributed by atoms with E-state index < -0.39 is 11.7 Å². The number of benzene rings is 2. The molecule has 3 rings (SSSR count). The Morgan fingerprint density at radius 2 is 1.62 bits per heavy atom. The Morgan fingerprint density at radius 1 is 0.966 bits per heavy atom. The van der Waals surface area contributed by atoms with Gasteiger partial charge in [-0.15, -0.1) is 11.8 Å². The van der Waals surface area contributed by atoms with Gasteiger partial charge in [0, 0.05) is 32.8 Å². The molecular weight excluding hydrogens is 487 g/mol. The van der Waals surface area contributed by atoms with Crippen molar-refractivity contribution in [2.24, 2.45) is 0 Å². The maximum absolute atomic E-state index is 12.9. The first-order valence-corrected chi connectivity index (χ1v) is 10.2. The molecule has 0 fully saturated rings. The van der Waals surface area contributed by atoms with Crippen LogP contribution in [0, 0.1) is 0 Å². The Morgan fingerprint density at radius 3 is 2.21 bits per heavy atom. The van der Waals surface area contributed by atoms with Crippen molar-refractivity contribution >= 4 is 27.7 Å². The molecule has 2 nitrogen and oxygen atoms in total. The second-order valence-corrected chi connectivity index (χ2v) is 8.03. The van der Waals surface area contributed by atoms with Crippen molar-refractivity contribution in [1.29, 1.82) is 0 Å². The number of aromatic nitrogens is 1. The second-order valence-electron chi connectivity index (χ2n) is 6.16. The summed E-state index contributed by atoms with van der Waals surface area (Å²) in [4.78, 5) is 0.574. The Hall–Kier alpha value is -1.70. The summed E-state index contributed by atoms with van der Waals surface area (Å²) in [6, 6.07) is 15.6. The largest absolute Gasteiger partial charge is 1.00 e. The SMILES string of the molecule is COc1ccc(C[n+]2ccc(CSc3cc(C(F)(F)F)ccc3Br)cc2)cc1.[Cl-]. The van der Waals surface area contributed by atoms with Crippen LogP contribution in [0.2, 0.25) is 0 Å². The molecule has 0 aliphatic rings. The van der Waals surface area contributed by atoms with E-state index in [9.17, 15) is 13.2 Å². The number of hydrogen-bond acceptors (Lipinski definition) is 2. The number of alkyl halides is 3. The lowest BCUT2D eigenvalue weighted by molar-refractivity contribution is -0.688. The summed E-state index contributed by atoms with van der Waals surface area (Å²) in [6.45, 7) is 0.733. The molecule has 0 radical (unpaired) electrons. The first-order chi connectivity index (χ1) is 13.3. The van der Waals surface area contributed by atoms with Crippen molar-refractivity contribution in [1.82, 2.24) is 0 Å².